The van der Waals surface area contributed by atoms with Crippen molar-refractivity contribution in [2.75, 3.05) is 11.9 Å². The molecule has 26 heavy (non-hydrogen) atoms. The monoisotopic (exact) mass is 345 g/mol. The lowest BCUT2D eigenvalue weighted by Gasteiger charge is -2.28. The molecule has 0 spiro atoms. The largest absolute Gasteiger partial charge is 0.493 e. The number of aryl methyl sites for hydroxylation is 2. The van der Waals surface area contributed by atoms with Gasteiger partial charge >= 0.3 is 0 Å². The van der Waals surface area contributed by atoms with Gasteiger partial charge in [-0.15, -0.1) is 0 Å². The molecule has 2 heterocycles. The van der Waals surface area contributed by atoms with E-state index in [1.165, 1.54) is 11.1 Å². The molecule has 3 aromatic rings. The number of hydrogen-bond donors (Lipinski definition) is 1. The molecule has 0 saturated carbocycles. The zero-order valence-electron chi connectivity index (χ0n) is 15.2. The molecule has 4 rings (SSSR count). The highest BCUT2D eigenvalue weighted by molar-refractivity contribution is 5.52. The maximum absolute atomic E-state index is 5.79. The van der Waals surface area contributed by atoms with Crippen molar-refractivity contribution in [1.29, 1.82) is 0 Å². The predicted molar refractivity (Wildman–Crippen MR) is 104 cm³/mol. The molecule has 1 aliphatic rings. The topological polar surface area (TPSA) is 47.0 Å². The molecule has 0 fully saturated rings. The first-order valence-corrected chi connectivity index (χ1v) is 9.07. The number of nitrogens with one attached hydrogen (secondary N) is 1. The predicted octanol–water partition coefficient (Wildman–Crippen LogP) is 4.62. The molecule has 1 unspecified atom stereocenters. The summed E-state index contributed by atoms with van der Waals surface area (Å²) in [4.78, 5) is 9.33. The molecule has 1 aromatic heterocycles. The number of anilines is 1. The summed E-state index contributed by atoms with van der Waals surface area (Å²) >= 11 is 0. The Kier molecular flexibility index (Phi) is 4.57. The summed E-state index contributed by atoms with van der Waals surface area (Å²) < 4.78 is 5.79. The molecule has 0 amide bonds. The van der Waals surface area contributed by atoms with Crippen LogP contribution in [0, 0.1) is 13.8 Å². The first-order chi connectivity index (χ1) is 12.7. The van der Waals surface area contributed by atoms with E-state index in [9.17, 15) is 0 Å². The molecule has 1 N–H and O–H groups in total. The normalized spacial score (nSPS) is 15.8. The summed E-state index contributed by atoms with van der Waals surface area (Å²) in [6.45, 7) is 4.73. The average Bonchev–Trinajstić information content (AvgIpc) is 2.66. The fourth-order valence-electron chi connectivity index (χ4n) is 3.52. The van der Waals surface area contributed by atoms with E-state index in [1.54, 1.807) is 0 Å². The first-order valence-electron chi connectivity index (χ1n) is 9.07. The summed E-state index contributed by atoms with van der Waals surface area (Å²) in [5.74, 6) is 2.69. The Morgan fingerprint density at radius 1 is 1.00 bits per heavy atom. The first kappa shape index (κ1) is 16.6. The number of benzene rings is 2. The van der Waals surface area contributed by atoms with Crippen molar-refractivity contribution in [2.45, 2.75) is 32.7 Å². The number of aromatic nitrogens is 2. The quantitative estimate of drug-likeness (QED) is 0.749. The Hall–Kier alpha value is -2.88. The van der Waals surface area contributed by atoms with Crippen LogP contribution in [-0.4, -0.2) is 16.6 Å². The molecule has 2 aromatic carbocycles. The summed E-state index contributed by atoms with van der Waals surface area (Å²) in [6.07, 6.45) is 1.74. The highest BCUT2D eigenvalue weighted by Gasteiger charge is 2.23. The van der Waals surface area contributed by atoms with Crippen molar-refractivity contribution in [3.8, 4) is 5.75 Å². The fourth-order valence-corrected chi connectivity index (χ4v) is 3.52. The van der Waals surface area contributed by atoms with Gasteiger partial charge in [0.2, 0.25) is 0 Å². The second-order valence-corrected chi connectivity index (χ2v) is 6.72. The van der Waals surface area contributed by atoms with Gasteiger partial charge in [0.05, 0.1) is 12.6 Å². The molecule has 4 heteroatoms. The molecular weight excluding hydrogens is 322 g/mol. The van der Waals surface area contributed by atoms with Gasteiger partial charge < -0.3 is 10.1 Å². The van der Waals surface area contributed by atoms with Crippen LogP contribution in [-0.2, 0) is 6.42 Å². The van der Waals surface area contributed by atoms with Gasteiger partial charge in [0.1, 0.15) is 17.4 Å². The van der Waals surface area contributed by atoms with Crippen molar-refractivity contribution in [1.82, 2.24) is 9.97 Å². The summed E-state index contributed by atoms with van der Waals surface area (Å²) in [6, 6.07) is 18.9. The number of ether oxygens (including phenoxy) is 1. The van der Waals surface area contributed by atoms with Crippen molar-refractivity contribution < 1.29 is 4.74 Å². The fraction of sp³-hybridized carbons (Fsp3) is 0.273. The van der Waals surface area contributed by atoms with Crippen LogP contribution in [0.5, 0.6) is 5.75 Å². The summed E-state index contributed by atoms with van der Waals surface area (Å²) in [5.41, 5.74) is 4.65. The third-order valence-corrected chi connectivity index (χ3v) is 4.82. The Labute approximate surface area is 154 Å². The van der Waals surface area contributed by atoms with Gasteiger partial charge in [0, 0.05) is 29.7 Å². The zero-order chi connectivity index (χ0) is 17.9. The van der Waals surface area contributed by atoms with Crippen molar-refractivity contribution in [3.63, 3.8) is 0 Å². The minimum atomic E-state index is 0.197. The minimum Gasteiger partial charge on any atom is -0.493 e. The van der Waals surface area contributed by atoms with Crippen LogP contribution in [0.4, 0.5) is 5.82 Å². The molecule has 1 atom stereocenters. The van der Waals surface area contributed by atoms with Crippen molar-refractivity contribution >= 4 is 5.82 Å². The number of rotatable bonds is 4. The zero-order valence-corrected chi connectivity index (χ0v) is 15.2. The van der Waals surface area contributed by atoms with E-state index in [-0.39, 0.29) is 6.04 Å². The second kappa shape index (κ2) is 7.16. The van der Waals surface area contributed by atoms with E-state index in [1.807, 2.05) is 25.1 Å². The van der Waals surface area contributed by atoms with Crippen LogP contribution in [0.15, 0.2) is 54.6 Å². The Morgan fingerprint density at radius 3 is 2.62 bits per heavy atom. The molecule has 0 aliphatic carbocycles. The third kappa shape index (κ3) is 3.40. The molecule has 132 valence electrons. The van der Waals surface area contributed by atoms with Gasteiger partial charge in [-0.05, 0) is 25.5 Å². The van der Waals surface area contributed by atoms with E-state index in [0.29, 0.717) is 6.61 Å². The lowest BCUT2D eigenvalue weighted by molar-refractivity contribution is 0.274. The lowest BCUT2D eigenvalue weighted by atomic mass is 9.99. The van der Waals surface area contributed by atoms with Gasteiger partial charge in [-0.1, -0.05) is 48.5 Å². The van der Waals surface area contributed by atoms with Crippen LogP contribution in [0.25, 0.3) is 0 Å². The molecular formula is C22H23N3O. The van der Waals surface area contributed by atoms with E-state index in [2.05, 4.69) is 53.6 Å². The SMILES string of the molecule is Cc1nc(C)c(Cc2ccccc2)c(NC2CCOc3ccccc32)n1. The van der Waals surface area contributed by atoms with E-state index in [4.69, 9.17) is 9.72 Å². The molecule has 0 saturated heterocycles. The van der Waals surface area contributed by atoms with Gasteiger partial charge in [-0.25, -0.2) is 9.97 Å². The van der Waals surface area contributed by atoms with Gasteiger partial charge in [0.25, 0.3) is 0 Å². The summed E-state index contributed by atoms with van der Waals surface area (Å²) in [7, 11) is 0. The van der Waals surface area contributed by atoms with Crippen LogP contribution < -0.4 is 10.1 Å². The highest BCUT2D eigenvalue weighted by atomic mass is 16.5. The van der Waals surface area contributed by atoms with Crippen molar-refractivity contribution in [3.05, 3.63) is 82.8 Å². The molecule has 4 nitrogen and oxygen atoms in total. The number of para-hydroxylation sites is 1. The summed E-state index contributed by atoms with van der Waals surface area (Å²) in [5, 5.41) is 3.68. The molecule has 1 aliphatic heterocycles. The number of nitrogens with zero attached hydrogens (tertiary/aromatic N) is 2. The molecule has 0 bridgehead atoms. The van der Waals surface area contributed by atoms with Crippen LogP contribution in [0.3, 0.4) is 0 Å². The van der Waals surface area contributed by atoms with Crippen LogP contribution in [0.2, 0.25) is 0 Å². The molecule has 0 radical (unpaired) electrons. The van der Waals surface area contributed by atoms with Gasteiger partial charge in [-0.3, -0.25) is 0 Å². The number of hydrogen-bond acceptors (Lipinski definition) is 4. The van der Waals surface area contributed by atoms with Crippen LogP contribution >= 0.6 is 0 Å². The maximum atomic E-state index is 5.79. The number of fused-ring (bicyclic) bond motifs is 1. The lowest BCUT2D eigenvalue weighted by Crippen LogP contribution is -2.22. The van der Waals surface area contributed by atoms with E-state index in [0.717, 1.165) is 41.5 Å². The van der Waals surface area contributed by atoms with E-state index >= 15 is 0 Å². The average molecular weight is 345 g/mol. The smallest absolute Gasteiger partial charge is 0.133 e. The third-order valence-electron chi connectivity index (χ3n) is 4.82. The van der Waals surface area contributed by atoms with Gasteiger partial charge in [-0.2, -0.15) is 0 Å². The van der Waals surface area contributed by atoms with E-state index < -0.39 is 0 Å². The Morgan fingerprint density at radius 2 is 1.77 bits per heavy atom. The maximum Gasteiger partial charge on any atom is 0.133 e. The van der Waals surface area contributed by atoms with Crippen molar-refractivity contribution in [2.24, 2.45) is 0 Å². The Bertz CT molecular complexity index is 909. The van der Waals surface area contributed by atoms with Crippen LogP contribution in [0.1, 0.15) is 40.7 Å². The van der Waals surface area contributed by atoms with Gasteiger partial charge in [0.15, 0.2) is 0 Å². The highest BCUT2D eigenvalue weighted by Crippen LogP contribution is 2.35. The second-order valence-electron chi connectivity index (χ2n) is 6.72. The minimum absolute atomic E-state index is 0.197. The Balaban J connectivity index is 1.68. The standard InChI is InChI=1S/C22H23N3O/c1-15-19(14-17-8-4-3-5-9-17)22(24-16(2)23-15)25-20-12-13-26-21-11-7-6-10-18(20)21/h3-11,20H,12-14H2,1-2H3,(H,23,24,25).